The molecular weight excluding hydrogens is 332 g/mol. The molecule has 1 aliphatic heterocycles. The maximum absolute atomic E-state index is 10.7. The highest BCUT2D eigenvalue weighted by atomic mass is 35.5. The molecule has 0 bridgehead atoms. The number of para-hydroxylation sites is 1. The summed E-state index contributed by atoms with van der Waals surface area (Å²) in [7, 11) is 0. The van der Waals surface area contributed by atoms with E-state index in [0.717, 1.165) is 43.9 Å². The van der Waals surface area contributed by atoms with E-state index in [-0.39, 0.29) is 11.5 Å². The van der Waals surface area contributed by atoms with E-state index in [4.69, 9.17) is 11.6 Å². The minimum atomic E-state index is -0.463. The average molecular weight is 355 g/mol. The SMILES string of the molecule is Cc1c(Cl)c(-c2cccc3cc[nH]c23)cc2c1NC(C)(C)C(O)C2C. The fourth-order valence-electron chi connectivity index (χ4n) is 4.04. The number of H-pyrrole nitrogens is 1. The molecule has 2 aromatic carbocycles. The molecule has 4 heteroatoms. The Labute approximate surface area is 153 Å². The van der Waals surface area contributed by atoms with Crippen molar-refractivity contribution in [3.8, 4) is 11.1 Å². The molecule has 130 valence electrons. The third-order valence-electron chi connectivity index (χ3n) is 5.56. The lowest BCUT2D eigenvalue weighted by atomic mass is 9.77. The van der Waals surface area contributed by atoms with Gasteiger partial charge in [0.15, 0.2) is 0 Å². The third-order valence-corrected chi connectivity index (χ3v) is 6.04. The van der Waals surface area contributed by atoms with E-state index in [1.54, 1.807) is 0 Å². The number of rotatable bonds is 1. The lowest BCUT2D eigenvalue weighted by Gasteiger charge is -2.43. The normalized spacial score (nSPS) is 21.8. The minimum absolute atomic E-state index is 0.0313. The molecule has 0 fully saturated rings. The standard InChI is InChI=1S/C21H23ClN2O/c1-11-15-10-16(14-7-5-6-13-8-9-23-19(13)14)17(22)12(2)18(15)24-21(3,4)20(11)25/h5-11,20,23-25H,1-4H3. The number of nitrogens with one attached hydrogen (secondary N) is 2. The number of aromatic nitrogens is 1. The first-order chi connectivity index (χ1) is 11.8. The van der Waals surface area contributed by atoms with Gasteiger partial charge in [-0.05, 0) is 49.4 Å². The second kappa shape index (κ2) is 5.52. The number of halogens is 1. The molecule has 0 aliphatic carbocycles. The number of aliphatic hydroxyl groups excluding tert-OH is 1. The van der Waals surface area contributed by atoms with Crippen molar-refractivity contribution in [2.75, 3.05) is 5.32 Å². The van der Waals surface area contributed by atoms with Crippen LogP contribution in [0.4, 0.5) is 5.69 Å². The molecule has 3 nitrogen and oxygen atoms in total. The first-order valence-electron chi connectivity index (χ1n) is 8.67. The smallest absolute Gasteiger partial charge is 0.0830 e. The Kier molecular flexibility index (Phi) is 3.64. The van der Waals surface area contributed by atoms with Crippen LogP contribution in [0.1, 0.15) is 37.8 Å². The summed E-state index contributed by atoms with van der Waals surface area (Å²) in [5.41, 5.74) is 5.99. The number of hydrogen-bond donors (Lipinski definition) is 3. The molecule has 0 radical (unpaired) electrons. The molecule has 1 aliphatic rings. The molecule has 3 aromatic rings. The van der Waals surface area contributed by atoms with Crippen molar-refractivity contribution >= 4 is 28.2 Å². The largest absolute Gasteiger partial charge is 0.390 e. The first-order valence-corrected chi connectivity index (χ1v) is 9.05. The topological polar surface area (TPSA) is 48.0 Å². The van der Waals surface area contributed by atoms with Crippen molar-refractivity contribution < 1.29 is 5.11 Å². The average Bonchev–Trinajstić information content (AvgIpc) is 3.06. The lowest BCUT2D eigenvalue weighted by Crippen LogP contribution is -2.50. The van der Waals surface area contributed by atoms with Gasteiger partial charge in [0, 0.05) is 28.9 Å². The zero-order valence-electron chi connectivity index (χ0n) is 14.9. The van der Waals surface area contributed by atoms with E-state index < -0.39 is 6.10 Å². The zero-order chi connectivity index (χ0) is 17.9. The van der Waals surface area contributed by atoms with Gasteiger partial charge in [0.1, 0.15) is 0 Å². The van der Waals surface area contributed by atoms with Crippen LogP contribution in [0, 0.1) is 6.92 Å². The summed E-state index contributed by atoms with van der Waals surface area (Å²) >= 11 is 6.79. The van der Waals surface area contributed by atoms with Crippen molar-refractivity contribution in [2.45, 2.75) is 45.3 Å². The maximum atomic E-state index is 10.7. The van der Waals surface area contributed by atoms with Crippen LogP contribution in [0.5, 0.6) is 0 Å². The van der Waals surface area contributed by atoms with E-state index >= 15 is 0 Å². The van der Waals surface area contributed by atoms with E-state index in [1.165, 1.54) is 0 Å². The summed E-state index contributed by atoms with van der Waals surface area (Å²) in [6, 6.07) is 10.4. The zero-order valence-corrected chi connectivity index (χ0v) is 15.7. The fourth-order valence-corrected chi connectivity index (χ4v) is 4.29. The highest BCUT2D eigenvalue weighted by Gasteiger charge is 2.39. The highest BCUT2D eigenvalue weighted by Crippen LogP contribution is 2.46. The number of anilines is 1. The van der Waals surface area contributed by atoms with Crippen molar-refractivity contribution in [3.63, 3.8) is 0 Å². The molecule has 0 saturated carbocycles. The summed E-state index contributed by atoms with van der Waals surface area (Å²) in [6.07, 6.45) is 1.48. The second-order valence-corrected chi connectivity index (χ2v) is 8.03. The summed E-state index contributed by atoms with van der Waals surface area (Å²) in [4.78, 5) is 3.32. The summed E-state index contributed by atoms with van der Waals surface area (Å²) in [5.74, 6) is 0.0313. The molecule has 0 spiro atoms. The highest BCUT2D eigenvalue weighted by molar-refractivity contribution is 6.35. The Morgan fingerprint density at radius 2 is 1.92 bits per heavy atom. The van der Waals surface area contributed by atoms with Crippen LogP contribution < -0.4 is 5.32 Å². The molecule has 2 atom stereocenters. The molecule has 0 saturated heterocycles. The second-order valence-electron chi connectivity index (χ2n) is 7.66. The van der Waals surface area contributed by atoms with Crippen LogP contribution in [-0.2, 0) is 0 Å². The van der Waals surface area contributed by atoms with Crippen LogP contribution in [0.2, 0.25) is 5.02 Å². The van der Waals surface area contributed by atoms with Gasteiger partial charge in [-0.15, -0.1) is 0 Å². The molecule has 4 rings (SSSR count). The predicted octanol–water partition coefficient (Wildman–Crippen LogP) is 5.47. The predicted molar refractivity (Wildman–Crippen MR) is 106 cm³/mol. The molecular formula is C21H23ClN2O. The third kappa shape index (κ3) is 2.37. The van der Waals surface area contributed by atoms with Gasteiger partial charge in [-0.3, -0.25) is 0 Å². The van der Waals surface area contributed by atoms with Gasteiger partial charge in [0.2, 0.25) is 0 Å². The van der Waals surface area contributed by atoms with E-state index in [2.05, 4.69) is 47.6 Å². The molecule has 2 heterocycles. The number of benzene rings is 2. The van der Waals surface area contributed by atoms with Crippen LogP contribution in [0.15, 0.2) is 36.5 Å². The van der Waals surface area contributed by atoms with Crippen LogP contribution in [0.3, 0.4) is 0 Å². The number of hydrogen-bond acceptors (Lipinski definition) is 2. The Hall–Kier alpha value is -1.97. The van der Waals surface area contributed by atoms with E-state index in [0.29, 0.717) is 0 Å². The van der Waals surface area contributed by atoms with Crippen LogP contribution in [0.25, 0.3) is 22.0 Å². The summed E-state index contributed by atoms with van der Waals surface area (Å²) in [5, 5.41) is 16.1. The van der Waals surface area contributed by atoms with Crippen LogP contribution >= 0.6 is 11.6 Å². The van der Waals surface area contributed by atoms with Gasteiger partial charge < -0.3 is 15.4 Å². The Morgan fingerprint density at radius 3 is 2.68 bits per heavy atom. The minimum Gasteiger partial charge on any atom is -0.390 e. The van der Waals surface area contributed by atoms with Crippen molar-refractivity contribution in [2.24, 2.45) is 0 Å². The number of aliphatic hydroxyl groups is 1. The lowest BCUT2D eigenvalue weighted by molar-refractivity contribution is 0.0869. The maximum Gasteiger partial charge on any atom is 0.0830 e. The molecule has 2 unspecified atom stereocenters. The molecule has 25 heavy (non-hydrogen) atoms. The van der Waals surface area contributed by atoms with Gasteiger partial charge in [0.25, 0.3) is 0 Å². The number of fused-ring (bicyclic) bond motifs is 2. The van der Waals surface area contributed by atoms with Gasteiger partial charge in [-0.25, -0.2) is 0 Å². The Balaban J connectivity index is 1.99. The quantitative estimate of drug-likeness (QED) is 0.543. The van der Waals surface area contributed by atoms with Crippen molar-refractivity contribution in [3.05, 3.63) is 52.7 Å². The Bertz CT molecular complexity index is 973. The molecule has 1 aromatic heterocycles. The Morgan fingerprint density at radius 1 is 1.16 bits per heavy atom. The monoisotopic (exact) mass is 354 g/mol. The van der Waals surface area contributed by atoms with Crippen LogP contribution in [-0.4, -0.2) is 21.7 Å². The molecule has 3 N–H and O–H groups in total. The van der Waals surface area contributed by atoms with E-state index in [1.807, 2.05) is 27.0 Å². The summed E-state index contributed by atoms with van der Waals surface area (Å²) in [6.45, 7) is 8.18. The van der Waals surface area contributed by atoms with Crippen molar-refractivity contribution in [1.29, 1.82) is 0 Å². The fraction of sp³-hybridized carbons (Fsp3) is 0.333. The molecule has 0 amide bonds. The van der Waals surface area contributed by atoms with Crippen molar-refractivity contribution in [1.82, 2.24) is 4.98 Å². The summed E-state index contributed by atoms with van der Waals surface area (Å²) < 4.78 is 0. The van der Waals surface area contributed by atoms with E-state index in [9.17, 15) is 5.11 Å². The van der Waals surface area contributed by atoms with Gasteiger partial charge in [-0.2, -0.15) is 0 Å². The van der Waals surface area contributed by atoms with Gasteiger partial charge in [0.05, 0.1) is 22.2 Å². The van der Waals surface area contributed by atoms with Gasteiger partial charge in [-0.1, -0.05) is 36.7 Å². The first kappa shape index (κ1) is 16.5. The van der Waals surface area contributed by atoms with Gasteiger partial charge >= 0.3 is 0 Å². The number of aromatic amines is 1.